The van der Waals surface area contributed by atoms with E-state index in [4.69, 9.17) is 4.74 Å². The molecule has 0 N–H and O–H groups in total. The summed E-state index contributed by atoms with van der Waals surface area (Å²) in [6.45, 7) is 7.71. The number of hydrogen-bond acceptors (Lipinski definition) is 3. The van der Waals surface area contributed by atoms with Crippen molar-refractivity contribution in [2.24, 2.45) is 5.92 Å². The number of Topliss-reactive ketones (excluding diaryl/α,β-unsaturated/α-hetero) is 1. The second kappa shape index (κ2) is 4.00. The molecule has 2 bridgehead atoms. The van der Waals surface area contributed by atoms with Gasteiger partial charge in [0.1, 0.15) is 11.4 Å². The van der Waals surface area contributed by atoms with Crippen molar-refractivity contribution in [1.29, 1.82) is 0 Å². The first-order valence-electron chi connectivity index (χ1n) is 6.31. The summed E-state index contributed by atoms with van der Waals surface area (Å²) in [5, 5.41) is 0. The normalized spacial score (nSPS) is 32.8. The van der Waals surface area contributed by atoms with E-state index in [2.05, 4.69) is 6.92 Å². The lowest BCUT2D eigenvalue weighted by molar-refractivity contribution is -0.123. The van der Waals surface area contributed by atoms with Gasteiger partial charge in [0.2, 0.25) is 0 Å². The summed E-state index contributed by atoms with van der Waals surface area (Å²) < 4.78 is 5.42. The topological polar surface area (TPSA) is 46.6 Å². The maximum atomic E-state index is 12.1. The molecule has 0 aromatic heterocycles. The van der Waals surface area contributed by atoms with Crippen LogP contribution in [0.25, 0.3) is 0 Å². The van der Waals surface area contributed by atoms with Gasteiger partial charge in [-0.05, 0) is 33.1 Å². The van der Waals surface area contributed by atoms with Crippen LogP contribution < -0.4 is 0 Å². The van der Waals surface area contributed by atoms with Crippen LogP contribution in [0.15, 0.2) is 0 Å². The van der Waals surface area contributed by atoms with Crippen molar-refractivity contribution >= 4 is 11.9 Å². The number of rotatable bonds is 0. The van der Waals surface area contributed by atoms with Crippen molar-refractivity contribution in [3.63, 3.8) is 0 Å². The van der Waals surface area contributed by atoms with E-state index >= 15 is 0 Å². The molecule has 4 heteroatoms. The second-order valence-electron chi connectivity index (χ2n) is 6.27. The monoisotopic (exact) mass is 239 g/mol. The molecule has 96 valence electrons. The molecule has 2 aliphatic rings. The van der Waals surface area contributed by atoms with E-state index in [9.17, 15) is 9.59 Å². The van der Waals surface area contributed by atoms with Gasteiger partial charge < -0.3 is 9.64 Å². The van der Waals surface area contributed by atoms with Gasteiger partial charge in [0.05, 0.1) is 0 Å². The average molecular weight is 239 g/mol. The number of carbonyl (C=O) groups excluding carboxylic acids is 2. The summed E-state index contributed by atoms with van der Waals surface area (Å²) in [6.07, 6.45) is 1.66. The fraction of sp³-hybridized carbons (Fsp3) is 0.846. The van der Waals surface area contributed by atoms with Crippen LogP contribution in [0.4, 0.5) is 4.79 Å². The molecular formula is C13H21NO3. The lowest BCUT2D eigenvalue weighted by atomic mass is 9.99. The van der Waals surface area contributed by atoms with Gasteiger partial charge in [-0.25, -0.2) is 4.79 Å². The Bertz CT molecular complexity index is 345. The van der Waals surface area contributed by atoms with E-state index in [1.807, 2.05) is 20.8 Å². The van der Waals surface area contributed by atoms with Crippen LogP contribution in [0.5, 0.6) is 0 Å². The van der Waals surface area contributed by atoms with Crippen molar-refractivity contribution in [1.82, 2.24) is 4.90 Å². The maximum Gasteiger partial charge on any atom is 0.410 e. The molecule has 2 aliphatic heterocycles. The van der Waals surface area contributed by atoms with Crippen molar-refractivity contribution < 1.29 is 14.3 Å². The van der Waals surface area contributed by atoms with Crippen molar-refractivity contribution in [3.8, 4) is 0 Å². The SMILES string of the molecule is CC1CC2CC(=O)CC1N2C(=O)OC(C)(C)C. The number of piperidine rings is 1. The zero-order valence-electron chi connectivity index (χ0n) is 11.0. The summed E-state index contributed by atoms with van der Waals surface area (Å²) in [5.74, 6) is 0.683. The highest BCUT2D eigenvalue weighted by molar-refractivity contribution is 5.83. The summed E-state index contributed by atoms with van der Waals surface area (Å²) >= 11 is 0. The zero-order valence-corrected chi connectivity index (χ0v) is 11.0. The van der Waals surface area contributed by atoms with Crippen molar-refractivity contribution in [3.05, 3.63) is 0 Å². The molecule has 0 aliphatic carbocycles. The molecule has 0 saturated carbocycles. The molecule has 2 heterocycles. The quantitative estimate of drug-likeness (QED) is 0.652. The predicted molar refractivity (Wildman–Crippen MR) is 63.7 cm³/mol. The van der Waals surface area contributed by atoms with E-state index in [0.717, 1.165) is 6.42 Å². The molecule has 3 unspecified atom stereocenters. The minimum atomic E-state index is -0.471. The Balaban J connectivity index is 2.12. The van der Waals surface area contributed by atoms with Gasteiger partial charge in [-0.1, -0.05) is 6.92 Å². The smallest absolute Gasteiger partial charge is 0.410 e. The summed E-state index contributed by atoms with van der Waals surface area (Å²) in [5.41, 5.74) is -0.471. The van der Waals surface area contributed by atoms with E-state index in [1.54, 1.807) is 4.90 Å². The molecule has 0 radical (unpaired) electrons. The standard InChI is InChI=1S/C13H21NO3/c1-8-5-9-6-10(15)7-11(8)14(9)12(16)17-13(2,3)4/h8-9,11H,5-7H2,1-4H3. The van der Waals surface area contributed by atoms with Crippen LogP contribution in [0.2, 0.25) is 0 Å². The highest BCUT2D eigenvalue weighted by Crippen LogP contribution is 2.38. The number of ether oxygens (including phenoxy) is 1. The van der Waals surface area contributed by atoms with Gasteiger partial charge in [-0.2, -0.15) is 0 Å². The first-order valence-corrected chi connectivity index (χ1v) is 6.31. The molecule has 0 aromatic carbocycles. The third-order valence-corrected chi connectivity index (χ3v) is 3.56. The Kier molecular flexibility index (Phi) is 2.92. The lowest BCUT2D eigenvalue weighted by Crippen LogP contribution is -2.49. The number of carbonyl (C=O) groups is 2. The Morgan fingerprint density at radius 2 is 2.00 bits per heavy atom. The van der Waals surface area contributed by atoms with Crippen molar-refractivity contribution in [2.75, 3.05) is 0 Å². The average Bonchev–Trinajstić information content (AvgIpc) is 2.32. The molecule has 17 heavy (non-hydrogen) atoms. The molecule has 2 fully saturated rings. The molecule has 2 saturated heterocycles. The van der Waals surface area contributed by atoms with Crippen LogP contribution in [-0.4, -0.2) is 34.5 Å². The zero-order chi connectivity index (χ0) is 12.8. The summed E-state index contributed by atoms with van der Waals surface area (Å²) in [7, 11) is 0. The van der Waals surface area contributed by atoms with Crippen LogP contribution >= 0.6 is 0 Å². The van der Waals surface area contributed by atoms with E-state index in [0.29, 0.717) is 18.8 Å². The molecule has 0 aromatic rings. The maximum absolute atomic E-state index is 12.1. The van der Waals surface area contributed by atoms with Crippen LogP contribution in [-0.2, 0) is 9.53 Å². The van der Waals surface area contributed by atoms with Gasteiger partial charge in [0, 0.05) is 24.9 Å². The lowest BCUT2D eigenvalue weighted by Gasteiger charge is -2.35. The molecule has 0 spiro atoms. The van der Waals surface area contributed by atoms with Crippen LogP contribution in [0, 0.1) is 5.92 Å². The Morgan fingerprint density at radius 1 is 1.35 bits per heavy atom. The van der Waals surface area contributed by atoms with E-state index in [1.165, 1.54) is 0 Å². The highest BCUT2D eigenvalue weighted by atomic mass is 16.6. The number of hydrogen-bond donors (Lipinski definition) is 0. The second-order valence-corrected chi connectivity index (χ2v) is 6.27. The van der Waals surface area contributed by atoms with Crippen LogP contribution in [0.1, 0.15) is 47.0 Å². The highest BCUT2D eigenvalue weighted by Gasteiger charge is 2.48. The summed E-state index contributed by atoms with van der Waals surface area (Å²) in [6, 6.07) is 0.113. The number of nitrogens with zero attached hydrogens (tertiary/aromatic N) is 1. The van der Waals surface area contributed by atoms with Crippen molar-refractivity contribution in [2.45, 2.75) is 64.6 Å². The first kappa shape index (κ1) is 12.4. The minimum absolute atomic E-state index is 0.0519. The largest absolute Gasteiger partial charge is 0.444 e. The van der Waals surface area contributed by atoms with E-state index < -0.39 is 5.60 Å². The molecular weight excluding hydrogens is 218 g/mol. The Morgan fingerprint density at radius 3 is 2.53 bits per heavy atom. The van der Waals surface area contributed by atoms with Crippen LogP contribution in [0.3, 0.4) is 0 Å². The van der Waals surface area contributed by atoms with Gasteiger partial charge in [0.25, 0.3) is 0 Å². The molecule has 4 nitrogen and oxygen atoms in total. The molecule has 3 atom stereocenters. The fourth-order valence-electron chi connectivity index (χ4n) is 2.90. The van der Waals surface area contributed by atoms with Gasteiger partial charge >= 0.3 is 6.09 Å². The van der Waals surface area contributed by atoms with Gasteiger partial charge in [-0.3, -0.25) is 4.79 Å². The Labute approximate surface area is 102 Å². The first-order chi connectivity index (χ1) is 7.78. The molecule has 1 amide bonds. The van der Waals surface area contributed by atoms with Gasteiger partial charge in [-0.15, -0.1) is 0 Å². The Hall–Kier alpha value is -1.06. The summed E-state index contributed by atoms with van der Waals surface area (Å²) in [4.78, 5) is 25.5. The van der Waals surface area contributed by atoms with Gasteiger partial charge in [0.15, 0.2) is 0 Å². The number of ketones is 1. The van der Waals surface area contributed by atoms with E-state index in [-0.39, 0.29) is 24.0 Å². The minimum Gasteiger partial charge on any atom is -0.444 e. The third kappa shape index (κ3) is 2.45. The number of amides is 1. The fourth-order valence-corrected chi connectivity index (χ4v) is 2.90. The third-order valence-electron chi connectivity index (χ3n) is 3.56. The molecule has 2 rings (SSSR count). The predicted octanol–water partition coefficient (Wildman–Crippen LogP) is 2.36. The number of fused-ring (bicyclic) bond motifs is 2.